The summed E-state index contributed by atoms with van der Waals surface area (Å²) in [5, 5.41) is 6.40. The molecule has 0 heterocycles. The molecular formula is C21H29FIN3O3S. The van der Waals surface area contributed by atoms with Crippen molar-refractivity contribution in [3.8, 4) is 5.75 Å². The molecule has 0 saturated heterocycles. The molecule has 2 N–H and O–H groups in total. The zero-order valence-electron chi connectivity index (χ0n) is 17.4. The van der Waals surface area contributed by atoms with Crippen LogP contribution in [0.2, 0.25) is 0 Å². The Kier molecular flexibility index (Phi) is 11.1. The van der Waals surface area contributed by atoms with Crippen molar-refractivity contribution < 1.29 is 17.5 Å². The second-order valence-corrected chi connectivity index (χ2v) is 8.99. The lowest BCUT2D eigenvalue weighted by molar-refractivity contribution is 0.223. The SMILES string of the molecule is CCNC(=NCc1ccc(CS(C)(=O)=O)cc1)NCC(C)Oc1ccc(F)cc1.I. The van der Waals surface area contributed by atoms with Crippen LogP contribution in [0.15, 0.2) is 53.5 Å². The minimum absolute atomic E-state index is 0. The van der Waals surface area contributed by atoms with Crippen molar-refractivity contribution >= 4 is 39.8 Å². The molecule has 30 heavy (non-hydrogen) atoms. The van der Waals surface area contributed by atoms with Crippen LogP contribution in [0.3, 0.4) is 0 Å². The lowest BCUT2D eigenvalue weighted by atomic mass is 10.1. The van der Waals surface area contributed by atoms with Gasteiger partial charge in [0.2, 0.25) is 0 Å². The van der Waals surface area contributed by atoms with Gasteiger partial charge in [-0.1, -0.05) is 24.3 Å². The van der Waals surface area contributed by atoms with Crippen LogP contribution in [0.25, 0.3) is 0 Å². The van der Waals surface area contributed by atoms with Gasteiger partial charge in [-0.25, -0.2) is 17.8 Å². The number of halogens is 2. The summed E-state index contributed by atoms with van der Waals surface area (Å²) in [4.78, 5) is 4.55. The average Bonchev–Trinajstić information content (AvgIpc) is 2.66. The number of nitrogens with one attached hydrogen (secondary N) is 2. The normalized spacial score (nSPS) is 12.6. The zero-order valence-corrected chi connectivity index (χ0v) is 20.5. The Hall–Kier alpha value is -1.88. The Morgan fingerprint density at radius 3 is 2.23 bits per heavy atom. The molecule has 0 bridgehead atoms. The molecule has 0 fully saturated rings. The fourth-order valence-electron chi connectivity index (χ4n) is 2.58. The van der Waals surface area contributed by atoms with Crippen molar-refractivity contribution in [2.24, 2.45) is 4.99 Å². The van der Waals surface area contributed by atoms with Gasteiger partial charge in [-0.15, -0.1) is 24.0 Å². The highest BCUT2D eigenvalue weighted by atomic mass is 127. The summed E-state index contributed by atoms with van der Waals surface area (Å²) in [5.41, 5.74) is 1.74. The topological polar surface area (TPSA) is 79.8 Å². The van der Waals surface area contributed by atoms with Gasteiger partial charge in [-0.3, -0.25) is 0 Å². The van der Waals surface area contributed by atoms with Crippen molar-refractivity contribution in [3.63, 3.8) is 0 Å². The molecule has 0 spiro atoms. The maximum absolute atomic E-state index is 13.0. The van der Waals surface area contributed by atoms with Crippen LogP contribution in [0.4, 0.5) is 4.39 Å². The number of aliphatic imine (C=N–C) groups is 1. The van der Waals surface area contributed by atoms with Crippen LogP contribution < -0.4 is 15.4 Å². The highest BCUT2D eigenvalue weighted by molar-refractivity contribution is 14.0. The van der Waals surface area contributed by atoms with E-state index in [-0.39, 0.29) is 41.7 Å². The van der Waals surface area contributed by atoms with Crippen molar-refractivity contribution in [1.29, 1.82) is 0 Å². The second kappa shape index (κ2) is 12.7. The molecule has 2 aromatic carbocycles. The van der Waals surface area contributed by atoms with Crippen LogP contribution in [0, 0.1) is 5.82 Å². The van der Waals surface area contributed by atoms with Gasteiger partial charge in [-0.05, 0) is 49.2 Å². The Bertz CT molecular complexity index is 904. The highest BCUT2D eigenvalue weighted by Crippen LogP contribution is 2.13. The van der Waals surface area contributed by atoms with Gasteiger partial charge < -0.3 is 15.4 Å². The zero-order chi connectivity index (χ0) is 21.3. The number of rotatable bonds is 9. The van der Waals surface area contributed by atoms with E-state index < -0.39 is 9.84 Å². The standard InChI is InChI=1S/C21H28FN3O3S.HI/c1-4-23-21(24-13-16(2)28-20-11-9-19(22)10-12-20)25-14-17-5-7-18(8-6-17)15-29(3,26)27;/h5-12,16H,4,13-15H2,1-3H3,(H2,23,24,25);1H. The molecule has 2 aromatic rings. The summed E-state index contributed by atoms with van der Waals surface area (Å²) in [7, 11) is -3.04. The fraction of sp³-hybridized carbons (Fsp3) is 0.381. The first-order valence-electron chi connectivity index (χ1n) is 9.45. The summed E-state index contributed by atoms with van der Waals surface area (Å²) in [6.45, 7) is 5.60. The average molecular weight is 549 g/mol. The molecule has 1 atom stereocenters. The highest BCUT2D eigenvalue weighted by Gasteiger charge is 2.07. The molecule has 6 nitrogen and oxygen atoms in total. The van der Waals surface area contributed by atoms with Crippen molar-refractivity contribution in [2.45, 2.75) is 32.2 Å². The van der Waals surface area contributed by atoms with Gasteiger partial charge >= 0.3 is 0 Å². The second-order valence-electron chi connectivity index (χ2n) is 6.85. The van der Waals surface area contributed by atoms with E-state index in [0.717, 1.165) is 11.1 Å². The van der Waals surface area contributed by atoms with Gasteiger partial charge in [0.05, 0.1) is 18.8 Å². The van der Waals surface area contributed by atoms with Crippen LogP contribution in [-0.4, -0.2) is 39.8 Å². The number of benzene rings is 2. The predicted molar refractivity (Wildman–Crippen MR) is 130 cm³/mol. The molecule has 2 rings (SSSR count). The lowest BCUT2D eigenvalue weighted by Gasteiger charge is -2.17. The number of hydrogen-bond donors (Lipinski definition) is 2. The molecule has 0 aliphatic carbocycles. The molecule has 0 aromatic heterocycles. The van der Waals surface area contributed by atoms with Crippen molar-refractivity contribution in [3.05, 3.63) is 65.5 Å². The third kappa shape index (κ3) is 10.2. The molecule has 0 aliphatic rings. The number of ether oxygens (including phenoxy) is 1. The van der Waals surface area contributed by atoms with Crippen LogP contribution in [0.5, 0.6) is 5.75 Å². The van der Waals surface area contributed by atoms with E-state index in [1.165, 1.54) is 18.4 Å². The van der Waals surface area contributed by atoms with Gasteiger partial charge in [0, 0.05) is 12.8 Å². The summed E-state index contributed by atoms with van der Waals surface area (Å²) in [6, 6.07) is 13.3. The van der Waals surface area contributed by atoms with E-state index in [1.807, 2.05) is 38.1 Å². The van der Waals surface area contributed by atoms with Crippen molar-refractivity contribution in [2.75, 3.05) is 19.3 Å². The fourth-order valence-corrected chi connectivity index (χ4v) is 3.38. The van der Waals surface area contributed by atoms with E-state index >= 15 is 0 Å². The molecular weight excluding hydrogens is 520 g/mol. The molecule has 166 valence electrons. The number of nitrogens with zero attached hydrogens (tertiary/aromatic N) is 1. The quantitative estimate of drug-likeness (QED) is 0.285. The van der Waals surface area contributed by atoms with Gasteiger partial charge in [0.15, 0.2) is 15.8 Å². The first-order valence-corrected chi connectivity index (χ1v) is 11.5. The first kappa shape index (κ1) is 26.2. The van der Waals surface area contributed by atoms with Gasteiger partial charge in [-0.2, -0.15) is 0 Å². The van der Waals surface area contributed by atoms with E-state index in [2.05, 4.69) is 15.6 Å². The molecule has 0 radical (unpaired) electrons. The molecule has 0 saturated carbocycles. The Balaban J connectivity index is 0.00000450. The van der Waals surface area contributed by atoms with Gasteiger partial charge in [0.1, 0.15) is 17.7 Å². The minimum atomic E-state index is -3.04. The predicted octanol–water partition coefficient (Wildman–Crippen LogP) is 3.51. The maximum Gasteiger partial charge on any atom is 0.191 e. The van der Waals surface area contributed by atoms with E-state index in [1.54, 1.807) is 12.1 Å². The van der Waals surface area contributed by atoms with Crippen LogP contribution >= 0.6 is 24.0 Å². The Morgan fingerprint density at radius 1 is 1.07 bits per heavy atom. The number of sulfone groups is 1. The van der Waals surface area contributed by atoms with E-state index in [9.17, 15) is 12.8 Å². The summed E-state index contributed by atoms with van der Waals surface area (Å²) < 4.78 is 41.4. The smallest absolute Gasteiger partial charge is 0.191 e. The van der Waals surface area contributed by atoms with Crippen LogP contribution in [0.1, 0.15) is 25.0 Å². The summed E-state index contributed by atoms with van der Waals surface area (Å²) >= 11 is 0. The number of guanidine groups is 1. The van der Waals surface area contributed by atoms with Crippen LogP contribution in [-0.2, 0) is 22.1 Å². The summed E-state index contributed by atoms with van der Waals surface area (Å²) in [6.07, 6.45) is 1.08. The largest absolute Gasteiger partial charge is 0.489 e. The number of hydrogen-bond acceptors (Lipinski definition) is 4. The first-order chi connectivity index (χ1) is 13.7. The molecule has 0 amide bonds. The van der Waals surface area contributed by atoms with Gasteiger partial charge in [0.25, 0.3) is 0 Å². The third-order valence-electron chi connectivity index (χ3n) is 3.92. The third-order valence-corrected chi connectivity index (χ3v) is 4.78. The molecule has 9 heteroatoms. The Labute approximate surface area is 195 Å². The van der Waals surface area contributed by atoms with Crippen molar-refractivity contribution in [1.82, 2.24) is 10.6 Å². The lowest BCUT2D eigenvalue weighted by Crippen LogP contribution is -2.41. The maximum atomic E-state index is 13.0. The Morgan fingerprint density at radius 2 is 1.67 bits per heavy atom. The minimum Gasteiger partial charge on any atom is -0.489 e. The summed E-state index contributed by atoms with van der Waals surface area (Å²) in [5.74, 6) is 1.00. The molecule has 1 unspecified atom stereocenters. The van der Waals surface area contributed by atoms with E-state index in [4.69, 9.17) is 4.74 Å². The monoisotopic (exact) mass is 549 g/mol. The van der Waals surface area contributed by atoms with E-state index in [0.29, 0.717) is 31.3 Å². The molecule has 0 aliphatic heterocycles.